The highest BCUT2D eigenvalue weighted by Gasteiger charge is 2.27. The standard InChI is InChI=1S/C15H25N3S2/c1-9(2)16-8-13-10(3)17-15(18-11(13)4)14-12(5)19-6-7-20-14/h9,12,14,16H,6-8H2,1-5H3. The van der Waals surface area contributed by atoms with Gasteiger partial charge in [-0.15, -0.1) is 11.8 Å². The Bertz CT molecular complexity index is 439. The van der Waals surface area contributed by atoms with E-state index in [2.05, 4.69) is 39.9 Å². The molecule has 1 saturated heterocycles. The molecule has 1 aromatic rings. The molecule has 0 aliphatic carbocycles. The summed E-state index contributed by atoms with van der Waals surface area (Å²) in [5, 5.41) is 4.51. The topological polar surface area (TPSA) is 37.8 Å². The van der Waals surface area contributed by atoms with Gasteiger partial charge >= 0.3 is 0 Å². The van der Waals surface area contributed by atoms with Crippen LogP contribution in [0.3, 0.4) is 0 Å². The molecular formula is C15H25N3S2. The Kier molecular flexibility index (Phi) is 5.75. The van der Waals surface area contributed by atoms with Gasteiger partial charge in [0.05, 0.1) is 5.25 Å². The first-order valence-electron chi connectivity index (χ1n) is 7.29. The Morgan fingerprint density at radius 3 is 2.30 bits per heavy atom. The van der Waals surface area contributed by atoms with Gasteiger partial charge in [0.2, 0.25) is 0 Å². The van der Waals surface area contributed by atoms with E-state index in [4.69, 9.17) is 9.97 Å². The van der Waals surface area contributed by atoms with Crippen LogP contribution in [0.25, 0.3) is 0 Å². The number of thioether (sulfide) groups is 2. The Morgan fingerprint density at radius 1 is 1.15 bits per heavy atom. The monoisotopic (exact) mass is 311 g/mol. The minimum Gasteiger partial charge on any atom is -0.310 e. The number of rotatable bonds is 4. The van der Waals surface area contributed by atoms with Crippen LogP contribution in [0.5, 0.6) is 0 Å². The van der Waals surface area contributed by atoms with Gasteiger partial charge in [-0.1, -0.05) is 20.8 Å². The van der Waals surface area contributed by atoms with Crippen molar-refractivity contribution in [2.24, 2.45) is 0 Å². The summed E-state index contributed by atoms with van der Waals surface area (Å²) >= 11 is 4.04. The predicted molar refractivity (Wildman–Crippen MR) is 90.6 cm³/mol. The minimum atomic E-state index is 0.443. The lowest BCUT2D eigenvalue weighted by Gasteiger charge is -2.27. The van der Waals surface area contributed by atoms with E-state index in [1.54, 1.807) is 0 Å². The van der Waals surface area contributed by atoms with Crippen LogP contribution in [0.2, 0.25) is 0 Å². The molecule has 1 aromatic heterocycles. The van der Waals surface area contributed by atoms with Crippen molar-refractivity contribution < 1.29 is 0 Å². The maximum Gasteiger partial charge on any atom is 0.142 e. The second-order valence-electron chi connectivity index (χ2n) is 5.63. The van der Waals surface area contributed by atoms with Gasteiger partial charge in [0.1, 0.15) is 5.82 Å². The third-order valence-corrected chi connectivity index (χ3v) is 6.65. The summed E-state index contributed by atoms with van der Waals surface area (Å²) in [6.07, 6.45) is 0. The molecule has 0 radical (unpaired) electrons. The molecule has 1 fully saturated rings. The second kappa shape index (κ2) is 7.14. The van der Waals surface area contributed by atoms with Crippen LogP contribution in [0.4, 0.5) is 0 Å². The predicted octanol–water partition coefficient (Wildman–Crippen LogP) is 3.50. The van der Waals surface area contributed by atoms with Crippen molar-refractivity contribution in [3.63, 3.8) is 0 Å². The SMILES string of the molecule is Cc1nc(C2SCCSC2C)nc(C)c1CNC(C)C. The van der Waals surface area contributed by atoms with E-state index in [-0.39, 0.29) is 0 Å². The summed E-state index contributed by atoms with van der Waals surface area (Å²) in [5.74, 6) is 3.48. The molecule has 0 bridgehead atoms. The molecule has 20 heavy (non-hydrogen) atoms. The first kappa shape index (κ1) is 16.1. The van der Waals surface area contributed by atoms with Gasteiger partial charge in [-0.05, 0) is 13.8 Å². The smallest absolute Gasteiger partial charge is 0.142 e. The third kappa shape index (κ3) is 3.89. The lowest BCUT2D eigenvalue weighted by Crippen LogP contribution is -2.24. The molecule has 3 nitrogen and oxygen atoms in total. The maximum absolute atomic E-state index is 4.80. The molecular weight excluding hydrogens is 286 g/mol. The fourth-order valence-corrected chi connectivity index (χ4v) is 5.06. The van der Waals surface area contributed by atoms with E-state index in [9.17, 15) is 0 Å². The Labute approximate surface area is 131 Å². The van der Waals surface area contributed by atoms with Gasteiger partial charge in [0.15, 0.2) is 0 Å². The van der Waals surface area contributed by atoms with Crippen LogP contribution in [-0.2, 0) is 6.54 Å². The van der Waals surface area contributed by atoms with Crippen LogP contribution in [0.15, 0.2) is 0 Å². The average Bonchev–Trinajstić information content (AvgIpc) is 2.37. The molecule has 0 saturated carbocycles. The molecule has 0 amide bonds. The van der Waals surface area contributed by atoms with E-state index in [1.165, 1.54) is 17.1 Å². The maximum atomic E-state index is 4.80. The highest BCUT2D eigenvalue weighted by atomic mass is 32.2. The highest BCUT2D eigenvalue weighted by molar-refractivity contribution is 8.06. The van der Waals surface area contributed by atoms with Gasteiger partial charge in [-0.3, -0.25) is 0 Å². The largest absolute Gasteiger partial charge is 0.310 e. The summed E-state index contributed by atoms with van der Waals surface area (Å²) in [6, 6.07) is 0.485. The first-order chi connectivity index (χ1) is 9.49. The van der Waals surface area contributed by atoms with E-state index in [1.807, 2.05) is 23.5 Å². The Balaban J connectivity index is 2.20. The van der Waals surface area contributed by atoms with Crippen LogP contribution in [0.1, 0.15) is 48.8 Å². The van der Waals surface area contributed by atoms with E-state index in [0.717, 1.165) is 23.8 Å². The van der Waals surface area contributed by atoms with Crippen molar-refractivity contribution in [3.8, 4) is 0 Å². The zero-order chi connectivity index (χ0) is 14.7. The fraction of sp³-hybridized carbons (Fsp3) is 0.733. The van der Waals surface area contributed by atoms with E-state index >= 15 is 0 Å². The van der Waals surface area contributed by atoms with E-state index in [0.29, 0.717) is 16.5 Å². The number of aromatic nitrogens is 2. The molecule has 0 spiro atoms. The molecule has 2 rings (SSSR count). The summed E-state index contributed by atoms with van der Waals surface area (Å²) < 4.78 is 0. The Morgan fingerprint density at radius 2 is 1.75 bits per heavy atom. The summed E-state index contributed by atoms with van der Waals surface area (Å²) in [6.45, 7) is 11.7. The van der Waals surface area contributed by atoms with Gasteiger partial charge in [0.25, 0.3) is 0 Å². The minimum absolute atomic E-state index is 0.443. The van der Waals surface area contributed by atoms with Crippen molar-refractivity contribution in [1.82, 2.24) is 15.3 Å². The molecule has 1 N–H and O–H groups in total. The van der Waals surface area contributed by atoms with Gasteiger partial charge < -0.3 is 5.32 Å². The number of hydrogen-bond donors (Lipinski definition) is 1. The van der Waals surface area contributed by atoms with Crippen molar-refractivity contribution in [2.45, 2.75) is 57.7 Å². The van der Waals surface area contributed by atoms with Gasteiger partial charge in [-0.2, -0.15) is 11.8 Å². The van der Waals surface area contributed by atoms with Crippen LogP contribution < -0.4 is 5.32 Å². The molecule has 2 unspecified atom stereocenters. The lowest BCUT2D eigenvalue weighted by molar-refractivity contribution is 0.581. The molecule has 1 aliphatic rings. The van der Waals surface area contributed by atoms with E-state index < -0.39 is 0 Å². The molecule has 2 heterocycles. The fourth-order valence-electron chi connectivity index (χ4n) is 2.37. The summed E-state index contributed by atoms with van der Waals surface area (Å²) in [4.78, 5) is 9.60. The summed E-state index contributed by atoms with van der Waals surface area (Å²) in [7, 11) is 0. The highest BCUT2D eigenvalue weighted by Crippen LogP contribution is 2.41. The van der Waals surface area contributed by atoms with Crippen molar-refractivity contribution in [3.05, 3.63) is 22.8 Å². The van der Waals surface area contributed by atoms with Crippen LogP contribution >= 0.6 is 23.5 Å². The molecule has 2 atom stereocenters. The molecule has 1 aliphatic heterocycles. The van der Waals surface area contributed by atoms with Gasteiger partial charge in [0, 0.05) is 46.3 Å². The van der Waals surface area contributed by atoms with Gasteiger partial charge in [-0.25, -0.2) is 9.97 Å². The quantitative estimate of drug-likeness (QED) is 0.921. The number of hydrogen-bond acceptors (Lipinski definition) is 5. The number of aryl methyl sites for hydroxylation is 2. The third-order valence-electron chi connectivity index (χ3n) is 3.57. The van der Waals surface area contributed by atoms with Crippen molar-refractivity contribution >= 4 is 23.5 Å². The molecule has 0 aromatic carbocycles. The first-order valence-corrected chi connectivity index (χ1v) is 9.39. The van der Waals surface area contributed by atoms with Crippen molar-refractivity contribution in [1.29, 1.82) is 0 Å². The second-order valence-corrected chi connectivity index (χ2v) is 8.37. The normalized spacial score (nSPS) is 23.3. The van der Waals surface area contributed by atoms with Crippen LogP contribution in [-0.4, -0.2) is 32.8 Å². The number of nitrogens with zero attached hydrogens (tertiary/aromatic N) is 2. The van der Waals surface area contributed by atoms with Crippen LogP contribution in [0, 0.1) is 13.8 Å². The van der Waals surface area contributed by atoms with Crippen molar-refractivity contribution in [2.75, 3.05) is 11.5 Å². The summed E-state index contributed by atoms with van der Waals surface area (Å²) in [5.41, 5.74) is 3.51. The lowest BCUT2D eigenvalue weighted by atomic mass is 10.1. The zero-order valence-electron chi connectivity index (χ0n) is 13.1. The Hall–Kier alpha value is -0.260. The zero-order valence-corrected chi connectivity index (χ0v) is 14.7. The number of nitrogens with one attached hydrogen (secondary N) is 1. The average molecular weight is 312 g/mol. The molecule has 5 heteroatoms. The molecule has 112 valence electrons.